The number of rotatable bonds is 11. The number of hydrogen-bond donors (Lipinski definition) is 0. The van der Waals surface area contributed by atoms with Gasteiger partial charge in [0.25, 0.3) is 0 Å². The Labute approximate surface area is 106 Å². The molecule has 0 unspecified atom stereocenters. The number of hydrogen-bond acceptors (Lipinski definition) is 2. The average molecular weight is 240 g/mol. The quantitative estimate of drug-likeness (QED) is 0.299. The van der Waals surface area contributed by atoms with Crippen molar-refractivity contribution in [3.05, 3.63) is 12.2 Å². The molecule has 0 N–H and O–H groups in total. The number of carbonyl (C=O) groups is 1. The Hall–Kier alpha value is -0.790. The molecule has 0 fully saturated rings. The molecular weight excluding hydrogens is 212 g/mol. The van der Waals surface area contributed by atoms with Crippen LogP contribution in [-0.2, 0) is 9.53 Å². The lowest BCUT2D eigenvalue weighted by Crippen LogP contribution is -2.06. The first kappa shape index (κ1) is 16.2. The van der Waals surface area contributed by atoms with Crippen LogP contribution in [0.1, 0.15) is 71.6 Å². The molecule has 2 heteroatoms. The molecule has 0 radical (unpaired) electrons. The van der Waals surface area contributed by atoms with Crippen LogP contribution in [0.15, 0.2) is 12.2 Å². The number of esters is 1. The predicted molar refractivity (Wildman–Crippen MR) is 73.0 cm³/mol. The van der Waals surface area contributed by atoms with Gasteiger partial charge in [-0.3, -0.25) is 0 Å². The molecule has 17 heavy (non-hydrogen) atoms. The number of unbranched alkanes of at least 4 members (excludes halogenated alkanes) is 7. The largest absolute Gasteiger partial charge is 0.463 e. The smallest absolute Gasteiger partial charge is 0.333 e. The first-order valence-corrected chi connectivity index (χ1v) is 7.07. The fourth-order valence-corrected chi connectivity index (χ4v) is 1.81. The molecule has 0 amide bonds. The number of carbonyl (C=O) groups excluding carboxylic acids is 1. The van der Waals surface area contributed by atoms with Crippen LogP contribution in [0.3, 0.4) is 0 Å². The third-order valence-corrected chi connectivity index (χ3v) is 2.90. The molecule has 0 aromatic rings. The van der Waals surface area contributed by atoms with Gasteiger partial charge in [0.2, 0.25) is 0 Å². The zero-order valence-electron chi connectivity index (χ0n) is 11.6. The second kappa shape index (κ2) is 11.7. The van der Waals surface area contributed by atoms with Crippen molar-refractivity contribution in [1.29, 1.82) is 0 Å². The minimum Gasteiger partial charge on any atom is -0.463 e. The summed E-state index contributed by atoms with van der Waals surface area (Å²) in [6.45, 7) is 8.25. The maximum atomic E-state index is 11.3. The van der Waals surface area contributed by atoms with E-state index in [1.54, 1.807) is 0 Å². The Kier molecular flexibility index (Phi) is 11.1. The molecule has 0 aliphatic carbocycles. The second-order valence-electron chi connectivity index (χ2n) is 4.55. The predicted octanol–water partition coefficient (Wildman–Crippen LogP) is 4.64. The van der Waals surface area contributed by atoms with Crippen LogP contribution in [0.4, 0.5) is 0 Å². The minimum absolute atomic E-state index is 0.226. The summed E-state index contributed by atoms with van der Waals surface area (Å²) in [6.07, 6.45) is 11.0. The summed E-state index contributed by atoms with van der Waals surface area (Å²) < 4.78 is 4.89. The third-order valence-electron chi connectivity index (χ3n) is 2.90. The van der Waals surface area contributed by atoms with Crippen LogP contribution in [0.2, 0.25) is 0 Å². The molecule has 0 spiro atoms. The molecule has 0 saturated heterocycles. The van der Waals surface area contributed by atoms with Gasteiger partial charge in [-0.25, -0.2) is 4.79 Å². The molecule has 0 bridgehead atoms. The van der Waals surface area contributed by atoms with Crippen molar-refractivity contribution in [1.82, 2.24) is 0 Å². The highest BCUT2D eigenvalue weighted by Crippen LogP contribution is 2.12. The van der Waals surface area contributed by atoms with Gasteiger partial charge in [0, 0.05) is 5.57 Å². The fraction of sp³-hybridized carbons (Fsp3) is 0.800. The van der Waals surface area contributed by atoms with Crippen molar-refractivity contribution in [2.24, 2.45) is 0 Å². The molecule has 0 aromatic heterocycles. The van der Waals surface area contributed by atoms with Crippen molar-refractivity contribution in [2.75, 3.05) is 6.61 Å². The van der Waals surface area contributed by atoms with Crippen molar-refractivity contribution in [2.45, 2.75) is 71.6 Å². The summed E-state index contributed by atoms with van der Waals surface area (Å²) >= 11 is 0. The van der Waals surface area contributed by atoms with Gasteiger partial charge in [0.05, 0.1) is 6.61 Å². The maximum absolute atomic E-state index is 11.3. The molecule has 0 rings (SSSR count). The van der Waals surface area contributed by atoms with E-state index in [1.165, 1.54) is 44.9 Å². The molecule has 100 valence electrons. The molecule has 0 atom stereocenters. The topological polar surface area (TPSA) is 26.3 Å². The van der Waals surface area contributed by atoms with E-state index in [1.807, 2.05) is 6.92 Å². The minimum atomic E-state index is -0.226. The summed E-state index contributed by atoms with van der Waals surface area (Å²) in [7, 11) is 0. The SMILES string of the molecule is C=C(CCCCCCCCCC)C(=O)OCC. The molecule has 0 aliphatic rings. The summed E-state index contributed by atoms with van der Waals surface area (Å²) in [4.78, 5) is 11.3. The Morgan fingerprint density at radius 2 is 1.47 bits per heavy atom. The summed E-state index contributed by atoms with van der Waals surface area (Å²) in [5, 5.41) is 0. The standard InChI is InChI=1S/C15H28O2/c1-4-6-7-8-9-10-11-12-13-14(3)15(16)17-5-2/h3-13H2,1-2H3. The van der Waals surface area contributed by atoms with Crippen molar-refractivity contribution >= 4 is 5.97 Å². The van der Waals surface area contributed by atoms with Crippen molar-refractivity contribution in [3.8, 4) is 0 Å². The molecule has 2 nitrogen and oxygen atoms in total. The Morgan fingerprint density at radius 3 is 2.00 bits per heavy atom. The van der Waals surface area contributed by atoms with E-state index in [9.17, 15) is 4.79 Å². The lowest BCUT2D eigenvalue weighted by molar-refractivity contribution is -0.138. The van der Waals surface area contributed by atoms with Crippen LogP contribution in [0, 0.1) is 0 Å². The maximum Gasteiger partial charge on any atom is 0.333 e. The Bertz CT molecular complexity index is 209. The van der Waals surface area contributed by atoms with Gasteiger partial charge in [0.1, 0.15) is 0 Å². The first-order valence-electron chi connectivity index (χ1n) is 7.07. The van der Waals surface area contributed by atoms with E-state index in [-0.39, 0.29) is 5.97 Å². The molecular formula is C15H28O2. The highest BCUT2D eigenvalue weighted by Gasteiger charge is 2.06. The van der Waals surface area contributed by atoms with Gasteiger partial charge >= 0.3 is 5.97 Å². The van der Waals surface area contributed by atoms with E-state index in [2.05, 4.69) is 13.5 Å². The number of ether oxygens (including phenoxy) is 1. The Balaban J connectivity index is 3.27. The molecule has 0 aliphatic heterocycles. The van der Waals surface area contributed by atoms with Gasteiger partial charge in [-0.15, -0.1) is 0 Å². The third kappa shape index (κ3) is 10.1. The normalized spacial score (nSPS) is 10.2. The average Bonchev–Trinajstić information content (AvgIpc) is 2.32. The Morgan fingerprint density at radius 1 is 0.941 bits per heavy atom. The summed E-state index contributed by atoms with van der Waals surface area (Å²) in [5.74, 6) is -0.226. The molecule has 0 heterocycles. The second-order valence-corrected chi connectivity index (χ2v) is 4.55. The fourth-order valence-electron chi connectivity index (χ4n) is 1.81. The van der Waals surface area contributed by atoms with E-state index < -0.39 is 0 Å². The van der Waals surface area contributed by atoms with Gasteiger partial charge in [0.15, 0.2) is 0 Å². The highest BCUT2D eigenvalue weighted by molar-refractivity contribution is 5.87. The van der Waals surface area contributed by atoms with Gasteiger partial charge < -0.3 is 4.74 Å². The molecule has 0 aromatic carbocycles. The van der Waals surface area contributed by atoms with Crippen LogP contribution >= 0.6 is 0 Å². The van der Waals surface area contributed by atoms with E-state index in [0.717, 1.165) is 12.8 Å². The van der Waals surface area contributed by atoms with Gasteiger partial charge in [-0.2, -0.15) is 0 Å². The first-order chi connectivity index (χ1) is 8.22. The van der Waals surface area contributed by atoms with Crippen molar-refractivity contribution < 1.29 is 9.53 Å². The monoisotopic (exact) mass is 240 g/mol. The van der Waals surface area contributed by atoms with Crippen LogP contribution in [0.5, 0.6) is 0 Å². The van der Waals surface area contributed by atoms with E-state index in [0.29, 0.717) is 12.2 Å². The van der Waals surface area contributed by atoms with Crippen LogP contribution in [-0.4, -0.2) is 12.6 Å². The van der Waals surface area contributed by atoms with Gasteiger partial charge in [-0.1, -0.05) is 58.4 Å². The lowest BCUT2D eigenvalue weighted by atomic mass is 10.1. The van der Waals surface area contributed by atoms with Crippen LogP contribution in [0.25, 0.3) is 0 Å². The van der Waals surface area contributed by atoms with Crippen LogP contribution < -0.4 is 0 Å². The van der Waals surface area contributed by atoms with Gasteiger partial charge in [-0.05, 0) is 19.8 Å². The zero-order valence-corrected chi connectivity index (χ0v) is 11.6. The lowest BCUT2D eigenvalue weighted by Gasteiger charge is -2.05. The highest BCUT2D eigenvalue weighted by atomic mass is 16.5. The van der Waals surface area contributed by atoms with Crippen molar-refractivity contribution in [3.63, 3.8) is 0 Å². The zero-order chi connectivity index (χ0) is 12.9. The summed E-state index contributed by atoms with van der Waals surface area (Å²) in [6, 6.07) is 0. The van der Waals surface area contributed by atoms with E-state index in [4.69, 9.17) is 4.74 Å². The molecule has 0 saturated carbocycles. The van der Waals surface area contributed by atoms with E-state index >= 15 is 0 Å². The summed E-state index contributed by atoms with van der Waals surface area (Å²) in [5.41, 5.74) is 0.623.